The SMILES string of the molecule is CCC(C)NC(=O)CN1CCN(C(=O)c2cccc3[nH]c(=O)[nH]c23)CC1. The van der Waals surface area contributed by atoms with Crippen molar-refractivity contribution in [2.75, 3.05) is 32.7 Å². The number of carbonyl (C=O) groups excluding carboxylic acids is 2. The van der Waals surface area contributed by atoms with Crippen LogP contribution in [0.25, 0.3) is 11.0 Å². The zero-order valence-corrected chi connectivity index (χ0v) is 15.2. The number of hydrogen-bond donors (Lipinski definition) is 3. The number of benzene rings is 1. The van der Waals surface area contributed by atoms with E-state index in [1.807, 2.05) is 13.8 Å². The minimum Gasteiger partial charge on any atom is -0.353 e. The average molecular weight is 359 g/mol. The number of hydrogen-bond acceptors (Lipinski definition) is 4. The standard InChI is InChI=1S/C18H25N5O3/c1-3-12(2)19-15(24)11-22-7-9-23(10-8-22)17(25)13-5-4-6-14-16(13)21-18(26)20-14/h4-6,12H,3,7-11H2,1-2H3,(H,19,24)(H2,20,21,26). The van der Waals surface area contributed by atoms with Crippen LogP contribution >= 0.6 is 0 Å². The molecule has 2 heterocycles. The number of para-hydroxylation sites is 1. The molecule has 1 fully saturated rings. The second-order valence-corrected chi connectivity index (χ2v) is 6.75. The number of aromatic amines is 2. The molecule has 26 heavy (non-hydrogen) atoms. The summed E-state index contributed by atoms with van der Waals surface area (Å²) in [6, 6.07) is 5.42. The topological polar surface area (TPSA) is 101 Å². The van der Waals surface area contributed by atoms with Gasteiger partial charge in [-0.3, -0.25) is 14.5 Å². The number of rotatable bonds is 5. The third-order valence-corrected chi connectivity index (χ3v) is 4.83. The monoisotopic (exact) mass is 359 g/mol. The summed E-state index contributed by atoms with van der Waals surface area (Å²) in [7, 11) is 0. The van der Waals surface area contributed by atoms with Crippen LogP contribution in [0.2, 0.25) is 0 Å². The molecule has 1 saturated heterocycles. The Balaban J connectivity index is 1.60. The van der Waals surface area contributed by atoms with E-state index in [2.05, 4.69) is 20.2 Å². The van der Waals surface area contributed by atoms with Crippen LogP contribution in [0.15, 0.2) is 23.0 Å². The van der Waals surface area contributed by atoms with Crippen molar-refractivity contribution in [3.05, 3.63) is 34.2 Å². The summed E-state index contributed by atoms with van der Waals surface area (Å²) < 4.78 is 0. The number of carbonyl (C=O) groups is 2. The van der Waals surface area contributed by atoms with Crippen LogP contribution in [0.3, 0.4) is 0 Å². The number of aromatic nitrogens is 2. The van der Waals surface area contributed by atoms with Crippen molar-refractivity contribution in [1.29, 1.82) is 0 Å². The number of nitrogens with zero attached hydrogens (tertiary/aromatic N) is 2. The molecular weight excluding hydrogens is 334 g/mol. The van der Waals surface area contributed by atoms with E-state index in [1.165, 1.54) is 0 Å². The van der Waals surface area contributed by atoms with Crippen LogP contribution in [0.4, 0.5) is 0 Å². The lowest BCUT2D eigenvalue weighted by Gasteiger charge is -2.34. The lowest BCUT2D eigenvalue weighted by atomic mass is 10.1. The predicted molar refractivity (Wildman–Crippen MR) is 99.2 cm³/mol. The highest BCUT2D eigenvalue weighted by Gasteiger charge is 2.25. The first kappa shape index (κ1) is 18.2. The molecule has 0 aliphatic carbocycles. The molecule has 2 aromatic rings. The average Bonchev–Trinajstić information content (AvgIpc) is 3.01. The summed E-state index contributed by atoms with van der Waals surface area (Å²) in [5.74, 6) is -0.0802. The molecule has 1 aromatic heterocycles. The summed E-state index contributed by atoms with van der Waals surface area (Å²) in [5, 5.41) is 2.96. The van der Waals surface area contributed by atoms with E-state index in [4.69, 9.17) is 0 Å². The highest BCUT2D eigenvalue weighted by Crippen LogP contribution is 2.16. The van der Waals surface area contributed by atoms with Crippen molar-refractivity contribution in [2.45, 2.75) is 26.3 Å². The summed E-state index contributed by atoms with van der Waals surface area (Å²) in [6.07, 6.45) is 0.904. The molecule has 2 amide bonds. The Bertz CT molecular complexity index is 848. The van der Waals surface area contributed by atoms with Crippen LogP contribution in [-0.4, -0.2) is 70.3 Å². The third kappa shape index (κ3) is 3.96. The first-order valence-electron chi connectivity index (χ1n) is 9.00. The van der Waals surface area contributed by atoms with Gasteiger partial charge < -0.3 is 20.2 Å². The summed E-state index contributed by atoms with van der Waals surface area (Å²) in [5.41, 5.74) is 1.33. The maximum Gasteiger partial charge on any atom is 0.323 e. The molecule has 8 heteroatoms. The molecule has 0 spiro atoms. The Kier molecular flexibility index (Phi) is 5.41. The Morgan fingerprint density at radius 2 is 1.92 bits per heavy atom. The van der Waals surface area contributed by atoms with Crippen LogP contribution < -0.4 is 11.0 Å². The first-order chi connectivity index (χ1) is 12.5. The van der Waals surface area contributed by atoms with E-state index in [9.17, 15) is 14.4 Å². The molecule has 140 valence electrons. The van der Waals surface area contributed by atoms with Crippen molar-refractivity contribution in [1.82, 2.24) is 25.1 Å². The van der Waals surface area contributed by atoms with Crippen molar-refractivity contribution >= 4 is 22.8 Å². The molecule has 0 bridgehead atoms. The van der Waals surface area contributed by atoms with Gasteiger partial charge in [-0.15, -0.1) is 0 Å². The molecule has 1 aliphatic rings. The fourth-order valence-electron chi connectivity index (χ4n) is 3.14. The van der Waals surface area contributed by atoms with Gasteiger partial charge >= 0.3 is 5.69 Å². The highest BCUT2D eigenvalue weighted by molar-refractivity contribution is 6.04. The third-order valence-electron chi connectivity index (χ3n) is 4.83. The lowest BCUT2D eigenvalue weighted by molar-refractivity contribution is -0.123. The Hall–Kier alpha value is -2.61. The minimum atomic E-state index is -0.322. The van der Waals surface area contributed by atoms with E-state index in [-0.39, 0.29) is 23.5 Å². The van der Waals surface area contributed by atoms with Crippen molar-refractivity contribution < 1.29 is 9.59 Å². The summed E-state index contributed by atoms with van der Waals surface area (Å²) >= 11 is 0. The molecule has 1 aliphatic heterocycles. The fourth-order valence-corrected chi connectivity index (χ4v) is 3.14. The number of fused-ring (bicyclic) bond motifs is 1. The van der Waals surface area contributed by atoms with Gasteiger partial charge in [0.05, 0.1) is 23.1 Å². The Morgan fingerprint density at radius 3 is 2.62 bits per heavy atom. The van der Waals surface area contributed by atoms with Gasteiger partial charge in [0.25, 0.3) is 5.91 Å². The van der Waals surface area contributed by atoms with Crippen LogP contribution in [-0.2, 0) is 4.79 Å². The van der Waals surface area contributed by atoms with Crippen LogP contribution in [0, 0.1) is 0 Å². The van der Waals surface area contributed by atoms with Gasteiger partial charge in [0, 0.05) is 32.2 Å². The van der Waals surface area contributed by atoms with E-state index in [0.29, 0.717) is 49.3 Å². The second kappa shape index (κ2) is 7.74. The van der Waals surface area contributed by atoms with Gasteiger partial charge in [0.1, 0.15) is 0 Å². The van der Waals surface area contributed by atoms with E-state index >= 15 is 0 Å². The molecule has 0 saturated carbocycles. The van der Waals surface area contributed by atoms with Crippen molar-refractivity contribution in [3.63, 3.8) is 0 Å². The van der Waals surface area contributed by atoms with Crippen molar-refractivity contribution in [2.24, 2.45) is 0 Å². The van der Waals surface area contributed by atoms with Crippen molar-refractivity contribution in [3.8, 4) is 0 Å². The van der Waals surface area contributed by atoms with E-state index in [0.717, 1.165) is 6.42 Å². The molecule has 0 radical (unpaired) electrons. The lowest BCUT2D eigenvalue weighted by Crippen LogP contribution is -2.51. The molecule has 1 unspecified atom stereocenters. The van der Waals surface area contributed by atoms with Crippen LogP contribution in [0.1, 0.15) is 30.6 Å². The number of imidazole rings is 1. The van der Waals surface area contributed by atoms with Crippen LogP contribution in [0.5, 0.6) is 0 Å². The second-order valence-electron chi connectivity index (χ2n) is 6.75. The molecular formula is C18H25N5O3. The Morgan fingerprint density at radius 1 is 1.19 bits per heavy atom. The number of amides is 2. The predicted octanol–water partition coefficient (Wildman–Crippen LogP) is 0.529. The van der Waals surface area contributed by atoms with Gasteiger partial charge in [-0.2, -0.15) is 0 Å². The first-order valence-corrected chi connectivity index (χ1v) is 9.00. The Labute approximate surface area is 151 Å². The smallest absolute Gasteiger partial charge is 0.323 e. The molecule has 8 nitrogen and oxygen atoms in total. The van der Waals surface area contributed by atoms with Gasteiger partial charge in [0.2, 0.25) is 5.91 Å². The highest BCUT2D eigenvalue weighted by atomic mass is 16.2. The maximum atomic E-state index is 12.8. The molecule has 3 N–H and O–H groups in total. The molecule has 3 rings (SSSR count). The van der Waals surface area contributed by atoms with Gasteiger partial charge in [0.15, 0.2) is 0 Å². The summed E-state index contributed by atoms with van der Waals surface area (Å²) in [4.78, 5) is 45.5. The normalized spacial score (nSPS) is 16.6. The number of nitrogens with one attached hydrogen (secondary N) is 3. The van der Waals surface area contributed by atoms with Gasteiger partial charge in [-0.1, -0.05) is 13.0 Å². The fraction of sp³-hybridized carbons (Fsp3) is 0.500. The van der Waals surface area contributed by atoms with Gasteiger partial charge in [-0.05, 0) is 25.5 Å². The quantitative estimate of drug-likeness (QED) is 0.725. The van der Waals surface area contributed by atoms with Gasteiger partial charge in [-0.25, -0.2) is 4.79 Å². The summed E-state index contributed by atoms with van der Waals surface area (Å²) in [6.45, 7) is 6.79. The minimum absolute atomic E-state index is 0.0220. The number of piperazine rings is 1. The zero-order chi connectivity index (χ0) is 18.7. The maximum absolute atomic E-state index is 12.8. The molecule has 1 atom stereocenters. The largest absolute Gasteiger partial charge is 0.353 e. The zero-order valence-electron chi connectivity index (χ0n) is 15.2. The van der Waals surface area contributed by atoms with E-state index in [1.54, 1.807) is 23.1 Å². The molecule has 1 aromatic carbocycles. The van der Waals surface area contributed by atoms with E-state index < -0.39 is 0 Å². The number of H-pyrrole nitrogens is 2.